The molecule has 0 fully saturated rings. The topological polar surface area (TPSA) is 42.0 Å². The normalized spacial score (nSPS) is 11.6. The van der Waals surface area contributed by atoms with Gasteiger partial charge in [0, 0.05) is 29.3 Å². The molecule has 1 amide bonds. The number of hydrogen-bond donors (Lipinski definition) is 1. The van der Waals surface area contributed by atoms with E-state index in [1.165, 1.54) is 6.08 Å². The maximum Gasteiger partial charge on any atom is 0.244 e. The Labute approximate surface area is 136 Å². The van der Waals surface area contributed by atoms with Crippen LogP contribution >= 0.6 is 11.6 Å². The Hall–Kier alpha value is -2.13. The van der Waals surface area contributed by atoms with Gasteiger partial charge in [0.05, 0.1) is 5.69 Å². The number of aromatic nitrogens is 1. The Balaban J connectivity index is 1.94. The molecule has 0 atom stereocenters. The van der Waals surface area contributed by atoms with Gasteiger partial charge in [-0.2, -0.15) is 0 Å². The Kier molecular flexibility index (Phi) is 5.34. The highest BCUT2D eigenvalue weighted by atomic mass is 35.5. The van der Waals surface area contributed by atoms with Gasteiger partial charge in [-0.3, -0.25) is 9.78 Å². The van der Waals surface area contributed by atoms with Gasteiger partial charge in [0.1, 0.15) is 0 Å². The highest BCUT2D eigenvalue weighted by Gasteiger charge is 2.21. The third-order valence-corrected chi connectivity index (χ3v) is 3.64. The first-order chi connectivity index (χ1) is 10.5. The number of halogens is 1. The summed E-state index contributed by atoms with van der Waals surface area (Å²) in [7, 11) is 0. The van der Waals surface area contributed by atoms with Crippen LogP contribution in [0, 0.1) is 0 Å². The molecule has 0 saturated heterocycles. The first-order valence-corrected chi connectivity index (χ1v) is 7.48. The molecule has 2 rings (SSSR count). The van der Waals surface area contributed by atoms with Crippen LogP contribution in [-0.4, -0.2) is 17.4 Å². The molecule has 0 spiro atoms. The summed E-state index contributed by atoms with van der Waals surface area (Å²) in [6, 6.07) is 13.3. The second-order valence-corrected chi connectivity index (χ2v) is 6.14. The van der Waals surface area contributed by atoms with E-state index >= 15 is 0 Å². The van der Waals surface area contributed by atoms with Crippen LogP contribution in [0.4, 0.5) is 0 Å². The van der Waals surface area contributed by atoms with Crippen LogP contribution in [0.5, 0.6) is 0 Å². The van der Waals surface area contributed by atoms with Gasteiger partial charge in [-0.1, -0.05) is 43.6 Å². The minimum Gasteiger partial charge on any atom is -0.352 e. The molecular weight excluding hydrogens is 296 g/mol. The number of carbonyl (C=O) groups is 1. The van der Waals surface area contributed by atoms with E-state index in [9.17, 15) is 4.79 Å². The fourth-order valence-corrected chi connectivity index (χ4v) is 2.20. The summed E-state index contributed by atoms with van der Waals surface area (Å²) in [5, 5.41) is 3.62. The molecule has 0 radical (unpaired) electrons. The van der Waals surface area contributed by atoms with E-state index in [1.54, 1.807) is 12.3 Å². The minimum atomic E-state index is -0.195. The van der Waals surface area contributed by atoms with Crippen molar-refractivity contribution < 1.29 is 4.79 Å². The van der Waals surface area contributed by atoms with Gasteiger partial charge < -0.3 is 5.32 Å². The van der Waals surface area contributed by atoms with E-state index in [0.29, 0.717) is 11.6 Å². The lowest BCUT2D eigenvalue weighted by molar-refractivity contribution is -0.116. The van der Waals surface area contributed by atoms with Crippen LogP contribution in [0.15, 0.2) is 54.7 Å². The van der Waals surface area contributed by atoms with Gasteiger partial charge in [0.15, 0.2) is 0 Å². The Morgan fingerprint density at radius 3 is 2.77 bits per heavy atom. The van der Waals surface area contributed by atoms with E-state index in [4.69, 9.17) is 11.6 Å². The predicted molar refractivity (Wildman–Crippen MR) is 90.8 cm³/mol. The molecule has 0 aliphatic heterocycles. The van der Waals surface area contributed by atoms with Crippen molar-refractivity contribution in [1.29, 1.82) is 0 Å². The summed E-state index contributed by atoms with van der Waals surface area (Å²) in [6.45, 7) is 4.67. The Morgan fingerprint density at radius 1 is 1.27 bits per heavy atom. The Morgan fingerprint density at radius 2 is 2.09 bits per heavy atom. The van der Waals surface area contributed by atoms with E-state index in [2.05, 4.69) is 24.1 Å². The van der Waals surface area contributed by atoms with Gasteiger partial charge in [-0.15, -0.1) is 0 Å². The minimum absolute atomic E-state index is 0.138. The number of rotatable bonds is 5. The maximum absolute atomic E-state index is 11.9. The van der Waals surface area contributed by atoms with Crippen LogP contribution in [0.1, 0.15) is 25.1 Å². The summed E-state index contributed by atoms with van der Waals surface area (Å²) in [5.41, 5.74) is 1.65. The van der Waals surface area contributed by atoms with Crippen molar-refractivity contribution in [2.24, 2.45) is 0 Å². The average Bonchev–Trinajstić information content (AvgIpc) is 2.52. The van der Waals surface area contributed by atoms with Crippen LogP contribution in [0.2, 0.25) is 5.02 Å². The molecule has 2 aromatic rings. The number of nitrogens with one attached hydrogen (secondary N) is 1. The van der Waals surface area contributed by atoms with Gasteiger partial charge in [-0.25, -0.2) is 0 Å². The van der Waals surface area contributed by atoms with Crippen molar-refractivity contribution in [2.45, 2.75) is 19.3 Å². The van der Waals surface area contributed by atoms with Crippen LogP contribution in [-0.2, 0) is 10.2 Å². The largest absolute Gasteiger partial charge is 0.352 e. The van der Waals surface area contributed by atoms with Crippen LogP contribution < -0.4 is 5.32 Å². The fraction of sp³-hybridized carbons (Fsp3) is 0.222. The SMILES string of the molecule is CC(C)(CNC(=O)C=Cc1ccccn1)c1cccc(Cl)c1. The van der Waals surface area contributed by atoms with Crippen molar-refractivity contribution in [3.8, 4) is 0 Å². The van der Waals surface area contributed by atoms with Gasteiger partial charge >= 0.3 is 0 Å². The lowest BCUT2D eigenvalue weighted by Gasteiger charge is -2.25. The maximum atomic E-state index is 11.9. The van der Waals surface area contributed by atoms with Crippen LogP contribution in [0.3, 0.4) is 0 Å². The second-order valence-electron chi connectivity index (χ2n) is 5.70. The second kappa shape index (κ2) is 7.23. The summed E-state index contributed by atoms with van der Waals surface area (Å²) in [5.74, 6) is -0.138. The molecule has 1 heterocycles. The number of nitrogens with zero attached hydrogens (tertiary/aromatic N) is 1. The van der Waals surface area contributed by atoms with Crippen molar-refractivity contribution in [3.05, 3.63) is 71.0 Å². The monoisotopic (exact) mass is 314 g/mol. The van der Waals surface area contributed by atoms with Crippen LogP contribution in [0.25, 0.3) is 6.08 Å². The molecule has 0 aliphatic carbocycles. The Bertz CT molecular complexity index is 666. The summed E-state index contributed by atoms with van der Waals surface area (Å²) in [6.07, 6.45) is 4.89. The number of benzene rings is 1. The first kappa shape index (κ1) is 16.2. The number of carbonyl (C=O) groups excluding carboxylic acids is 1. The molecule has 0 unspecified atom stereocenters. The predicted octanol–water partition coefficient (Wildman–Crippen LogP) is 3.84. The zero-order valence-corrected chi connectivity index (χ0v) is 13.5. The molecule has 114 valence electrons. The van der Waals surface area contributed by atoms with Gasteiger partial charge in [0.2, 0.25) is 5.91 Å². The van der Waals surface area contributed by atoms with Crippen molar-refractivity contribution in [3.63, 3.8) is 0 Å². The summed E-state index contributed by atoms with van der Waals surface area (Å²) < 4.78 is 0. The molecule has 4 heteroatoms. The van der Waals surface area contributed by atoms with E-state index < -0.39 is 0 Å². The third-order valence-electron chi connectivity index (χ3n) is 3.40. The highest BCUT2D eigenvalue weighted by molar-refractivity contribution is 6.30. The fourth-order valence-electron chi connectivity index (χ4n) is 2.01. The van der Waals surface area contributed by atoms with Gasteiger partial charge in [0.25, 0.3) is 0 Å². The van der Waals surface area contributed by atoms with Crippen molar-refractivity contribution >= 4 is 23.6 Å². The van der Waals surface area contributed by atoms with E-state index in [1.807, 2.05) is 42.5 Å². The molecule has 0 saturated carbocycles. The third kappa shape index (κ3) is 4.71. The smallest absolute Gasteiger partial charge is 0.244 e. The molecule has 22 heavy (non-hydrogen) atoms. The molecule has 1 aromatic carbocycles. The number of hydrogen-bond acceptors (Lipinski definition) is 2. The molecule has 1 aromatic heterocycles. The lowest BCUT2D eigenvalue weighted by Crippen LogP contribution is -2.35. The van der Waals surface area contributed by atoms with E-state index in [-0.39, 0.29) is 11.3 Å². The molecular formula is C18H19ClN2O. The summed E-state index contributed by atoms with van der Waals surface area (Å²) in [4.78, 5) is 16.0. The number of pyridine rings is 1. The molecule has 0 aliphatic rings. The molecule has 3 nitrogen and oxygen atoms in total. The first-order valence-electron chi connectivity index (χ1n) is 7.10. The van der Waals surface area contributed by atoms with E-state index in [0.717, 1.165) is 11.3 Å². The zero-order chi connectivity index (χ0) is 16.0. The molecule has 1 N–H and O–H groups in total. The average molecular weight is 315 g/mol. The number of amides is 1. The zero-order valence-electron chi connectivity index (χ0n) is 12.7. The molecule has 0 bridgehead atoms. The highest BCUT2D eigenvalue weighted by Crippen LogP contribution is 2.24. The standard InChI is InChI=1S/C18H19ClN2O/c1-18(2,14-6-5-7-15(19)12-14)13-21-17(22)10-9-16-8-3-4-11-20-16/h3-12H,13H2,1-2H3,(H,21,22). The van der Waals surface area contributed by atoms with Gasteiger partial charge in [-0.05, 0) is 35.9 Å². The van der Waals surface area contributed by atoms with Crippen molar-refractivity contribution in [2.75, 3.05) is 6.54 Å². The quantitative estimate of drug-likeness (QED) is 0.852. The lowest BCUT2D eigenvalue weighted by atomic mass is 9.84. The summed E-state index contributed by atoms with van der Waals surface area (Å²) >= 11 is 6.03. The van der Waals surface area contributed by atoms with Crippen molar-refractivity contribution in [1.82, 2.24) is 10.3 Å².